The highest BCUT2D eigenvalue weighted by Crippen LogP contribution is 2.18. The van der Waals surface area contributed by atoms with Crippen molar-refractivity contribution in [2.24, 2.45) is 11.8 Å². The van der Waals surface area contributed by atoms with E-state index in [0.717, 1.165) is 39.1 Å². The van der Waals surface area contributed by atoms with E-state index in [1.807, 2.05) is 4.90 Å². The van der Waals surface area contributed by atoms with Crippen molar-refractivity contribution in [2.45, 2.75) is 33.6 Å². The maximum absolute atomic E-state index is 12.1. The molecule has 1 amide bonds. The summed E-state index contributed by atoms with van der Waals surface area (Å²) >= 11 is 0. The van der Waals surface area contributed by atoms with Gasteiger partial charge in [-0.1, -0.05) is 13.8 Å². The highest BCUT2D eigenvalue weighted by Gasteiger charge is 2.25. The number of hydrogen-bond donors (Lipinski definition) is 0. The SMILES string of the molecule is CCN(CC(C)C)C(=O)C1CCOCC1. The Labute approximate surface area is 92.8 Å². The number of hydrogen-bond acceptors (Lipinski definition) is 2. The molecule has 0 aliphatic carbocycles. The summed E-state index contributed by atoms with van der Waals surface area (Å²) in [6, 6.07) is 0. The zero-order valence-corrected chi connectivity index (χ0v) is 10.2. The van der Waals surface area contributed by atoms with E-state index in [0.29, 0.717) is 11.8 Å². The van der Waals surface area contributed by atoms with Gasteiger partial charge >= 0.3 is 0 Å². The van der Waals surface area contributed by atoms with Gasteiger partial charge in [0.15, 0.2) is 0 Å². The van der Waals surface area contributed by atoms with Crippen molar-refractivity contribution in [1.29, 1.82) is 0 Å². The first kappa shape index (κ1) is 12.5. The van der Waals surface area contributed by atoms with E-state index in [1.165, 1.54) is 0 Å². The first-order chi connectivity index (χ1) is 7.15. The van der Waals surface area contributed by atoms with Gasteiger partial charge in [-0.2, -0.15) is 0 Å². The van der Waals surface area contributed by atoms with Crippen molar-refractivity contribution in [2.75, 3.05) is 26.3 Å². The Morgan fingerprint density at radius 2 is 2.00 bits per heavy atom. The monoisotopic (exact) mass is 213 g/mol. The Hall–Kier alpha value is -0.570. The van der Waals surface area contributed by atoms with Gasteiger partial charge in [0.25, 0.3) is 0 Å². The van der Waals surface area contributed by atoms with Gasteiger partial charge < -0.3 is 9.64 Å². The van der Waals surface area contributed by atoms with Gasteiger partial charge in [0, 0.05) is 32.2 Å². The summed E-state index contributed by atoms with van der Waals surface area (Å²) in [6.45, 7) is 9.56. The zero-order valence-electron chi connectivity index (χ0n) is 10.2. The van der Waals surface area contributed by atoms with E-state index in [2.05, 4.69) is 20.8 Å². The highest BCUT2D eigenvalue weighted by molar-refractivity contribution is 5.78. The average Bonchev–Trinajstić information content (AvgIpc) is 2.26. The molecule has 3 nitrogen and oxygen atoms in total. The van der Waals surface area contributed by atoms with Gasteiger partial charge in [-0.05, 0) is 25.7 Å². The summed E-state index contributed by atoms with van der Waals surface area (Å²) < 4.78 is 5.27. The van der Waals surface area contributed by atoms with Crippen LogP contribution in [0.2, 0.25) is 0 Å². The van der Waals surface area contributed by atoms with Crippen molar-refractivity contribution in [1.82, 2.24) is 4.90 Å². The van der Waals surface area contributed by atoms with Crippen LogP contribution in [0, 0.1) is 11.8 Å². The molecule has 0 unspecified atom stereocenters. The predicted molar refractivity (Wildman–Crippen MR) is 60.6 cm³/mol. The maximum Gasteiger partial charge on any atom is 0.225 e. The van der Waals surface area contributed by atoms with Crippen molar-refractivity contribution in [3.05, 3.63) is 0 Å². The molecule has 0 atom stereocenters. The van der Waals surface area contributed by atoms with E-state index in [4.69, 9.17) is 4.74 Å². The maximum atomic E-state index is 12.1. The minimum atomic E-state index is 0.206. The number of carbonyl (C=O) groups excluding carboxylic acids is 1. The van der Waals surface area contributed by atoms with Crippen molar-refractivity contribution < 1.29 is 9.53 Å². The van der Waals surface area contributed by atoms with Crippen LogP contribution in [0.25, 0.3) is 0 Å². The third-order valence-corrected chi connectivity index (χ3v) is 2.85. The molecular formula is C12H23NO2. The third-order valence-electron chi connectivity index (χ3n) is 2.85. The van der Waals surface area contributed by atoms with Crippen molar-refractivity contribution >= 4 is 5.91 Å². The second-order valence-electron chi connectivity index (χ2n) is 4.66. The summed E-state index contributed by atoms with van der Waals surface area (Å²) in [4.78, 5) is 14.1. The van der Waals surface area contributed by atoms with E-state index >= 15 is 0 Å². The summed E-state index contributed by atoms with van der Waals surface area (Å²) in [6.07, 6.45) is 1.79. The molecule has 0 bridgehead atoms. The Bertz CT molecular complexity index is 198. The van der Waals surface area contributed by atoms with Crippen molar-refractivity contribution in [3.8, 4) is 0 Å². The number of ether oxygens (including phenoxy) is 1. The molecule has 1 fully saturated rings. The summed E-state index contributed by atoms with van der Waals surface area (Å²) in [5.41, 5.74) is 0. The summed E-state index contributed by atoms with van der Waals surface area (Å²) in [5.74, 6) is 1.08. The van der Waals surface area contributed by atoms with Crippen LogP contribution in [0.4, 0.5) is 0 Å². The van der Waals surface area contributed by atoms with Gasteiger partial charge in [0.2, 0.25) is 5.91 Å². The summed E-state index contributed by atoms with van der Waals surface area (Å²) in [5, 5.41) is 0. The van der Waals surface area contributed by atoms with Crippen molar-refractivity contribution in [3.63, 3.8) is 0 Å². The smallest absolute Gasteiger partial charge is 0.225 e. The fourth-order valence-corrected chi connectivity index (χ4v) is 2.02. The Morgan fingerprint density at radius 3 is 2.47 bits per heavy atom. The molecule has 15 heavy (non-hydrogen) atoms. The molecule has 1 aliphatic rings. The fraction of sp³-hybridized carbons (Fsp3) is 0.917. The third kappa shape index (κ3) is 3.82. The molecule has 0 radical (unpaired) electrons. The number of carbonyl (C=O) groups is 1. The lowest BCUT2D eigenvalue weighted by Gasteiger charge is -2.29. The van der Waals surface area contributed by atoms with Crippen LogP contribution in [0.1, 0.15) is 33.6 Å². The number of nitrogens with zero attached hydrogens (tertiary/aromatic N) is 1. The molecule has 3 heteroatoms. The highest BCUT2D eigenvalue weighted by atomic mass is 16.5. The predicted octanol–water partition coefficient (Wildman–Crippen LogP) is 1.92. The van der Waals surface area contributed by atoms with E-state index < -0.39 is 0 Å². The van der Waals surface area contributed by atoms with Crippen LogP contribution in [0.15, 0.2) is 0 Å². The molecule has 1 rings (SSSR count). The molecule has 0 aromatic rings. The van der Waals surface area contributed by atoms with Gasteiger partial charge in [0.1, 0.15) is 0 Å². The fourth-order valence-electron chi connectivity index (χ4n) is 2.02. The number of rotatable bonds is 4. The minimum absolute atomic E-state index is 0.206. The first-order valence-corrected chi connectivity index (χ1v) is 6.01. The lowest BCUT2D eigenvalue weighted by atomic mass is 9.98. The molecule has 1 saturated heterocycles. The van der Waals surface area contributed by atoms with Gasteiger partial charge in [-0.15, -0.1) is 0 Å². The second-order valence-corrected chi connectivity index (χ2v) is 4.66. The number of amides is 1. The Balaban J connectivity index is 2.47. The van der Waals surface area contributed by atoms with E-state index in [-0.39, 0.29) is 5.92 Å². The summed E-state index contributed by atoms with van der Waals surface area (Å²) in [7, 11) is 0. The van der Waals surface area contributed by atoms with Gasteiger partial charge in [-0.25, -0.2) is 0 Å². The molecule has 0 saturated carbocycles. The Morgan fingerprint density at radius 1 is 1.40 bits per heavy atom. The van der Waals surface area contributed by atoms with Gasteiger partial charge in [-0.3, -0.25) is 4.79 Å². The lowest BCUT2D eigenvalue weighted by Crippen LogP contribution is -2.40. The molecular weight excluding hydrogens is 190 g/mol. The molecule has 1 heterocycles. The minimum Gasteiger partial charge on any atom is -0.381 e. The normalized spacial score (nSPS) is 18.1. The van der Waals surface area contributed by atoms with E-state index in [9.17, 15) is 4.79 Å². The Kier molecular flexibility index (Phi) is 5.09. The van der Waals surface area contributed by atoms with Crippen LogP contribution >= 0.6 is 0 Å². The zero-order chi connectivity index (χ0) is 11.3. The second kappa shape index (κ2) is 6.11. The topological polar surface area (TPSA) is 29.5 Å². The molecule has 0 aromatic carbocycles. The molecule has 0 N–H and O–H groups in total. The average molecular weight is 213 g/mol. The van der Waals surface area contributed by atoms with Crippen LogP contribution in [-0.4, -0.2) is 37.1 Å². The van der Waals surface area contributed by atoms with Crippen LogP contribution in [0.5, 0.6) is 0 Å². The largest absolute Gasteiger partial charge is 0.381 e. The molecule has 1 aliphatic heterocycles. The van der Waals surface area contributed by atoms with E-state index in [1.54, 1.807) is 0 Å². The van der Waals surface area contributed by atoms with Crippen LogP contribution in [0.3, 0.4) is 0 Å². The molecule has 0 spiro atoms. The molecule has 0 aromatic heterocycles. The first-order valence-electron chi connectivity index (χ1n) is 6.01. The quantitative estimate of drug-likeness (QED) is 0.714. The standard InChI is InChI=1S/C12H23NO2/c1-4-13(9-10(2)3)12(14)11-5-7-15-8-6-11/h10-11H,4-9H2,1-3H3. The van der Waals surface area contributed by atoms with Gasteiger partial charge in [0.05, 0.1) is 0 Å². The molecule has 88 valence electrons. The van der Waals surface area contributed by atoms with Crippen LogP contribution < -0.4 is 0 Å². The lowest BCUT2D eigenvalue weighted by molar-refractivity contribution is -0.138. The van der Waals surface area contributed by atoms with Crippen LogP contribution in [-0.2, 0) is 9.53 Å².